The second-order valence-corrected chi connectivity index (χ2v) is 7.51. The lowest BCUT2D eigenvalue weighted by Gasteiger charge is -2.17. The van der Waals surface area contributed by atoms with E-state index < -0.39 is 27.8 Å². The van der Waals surface area contributed by atoms with Crippen LogP contribution in [-0.2, 0) is 19.3 Å². The topological polar surface area (TPSA) is 72.8 Å². The number of hydrogen-bond donors (Lipinski definition) is 1. The van der Waals surface area contributed by atoms with Gasteiger partial charge in [0.1, 0.15) is 0 Å². The van der Waals surface area contributed by atoms with Gasteiger partial charge in [0.05, 0.1) is 29.5 Å². The lowest BCUT2D eigenvalue weighted by Crippen LogP contribution is -2.26. The van der Waals surface area contributed by atoms with E-state index in [1.807, 2.05) is 0 Å². The van der Waals surface area contributed by atoms with Crippen molar-refractivity contribution in [1.29, 1.82) is 0 Å². The minimum Gasteiger partial charge on any atom is -0.389 e. The zero-order chi connectivity index (χ0) is 15.0. The minimum atomic E-state index is -3.42. The predicted octanol–water partition coefficient (Wildman–Crippen LogP) is 1.67. The maximum Gasteiger partial charge on any atom is 0.181 e. The van der Waals surface area contributed by atoms with Crippen LogP contribution >= 0.6 is 0 Å². The molecule has 6 heteroatoms. The average molecular weight is 300 g/mol. The van der Waals surface area contributed by atoms with Crippen molar-refractivity contribution in [3.63, 3.8) is 0 Å². The Labute approximate surface area is 119 Å². The molecule has 1 unspecified atom stereocenters. The van der Waals surface area contributed by atoms with E-state index in [0.29, 0.717) is 5.56 Å². The third-order valence-electron chi connectivity index (χ3n) is 3.19. The molecule has 1 N–H and O–H groups in total. The zero-order valence-electron chi connectivity index (χ0n) is 11.9. The predicted molar refractivity (Wildman–Crippen MR) is 74.0 cm³/mol. The molecular formula is C14H20O5S. The molecule has 20 heavy (non-hydrogen) atoms. The standard InChI is InChI=1S/C14H20O5S/c1-10(15)11-4-6-13(7-5-11)20(16,17)9-12-8-18-14(2,3)19-12/h4-7,10,12,15H,8-9H2,1-3H3/t10?,12-/m0/s1. The molecule has 0 radical (unpaired) electrons. The van der Waals surface area contributed by atoms with Crippen molar-refractivity contribution in [2.45, 2.75) is 43.7 Å². The molecule has 1 heterocycles. The first kappa shape index (κ1) is 15.4. The monoisotopic (exact) mass is 300 g/mol. The molecule has 0 bridgehead atoms. The quantitative estimate of drug-likeness (QED) is 0.915. The normalized spacial score (nSPS) is 23.7. The largest absolute Gasteiger partial charge is 0.389 e. The van der Waals surface area contributed by atoms with E-state index in [4.69, 9.17) is 9.47 Å². The summed E-state index contributed by atoms with van der Waals surface area (Å²) >= 11 is 0. The summed E-state index contributed by atoms with van der Waals surface area (Å²) < 4.78 is 35.5. The molecular weight excluding hydrogens is 280 g/mol. The van der Waals surface area contributed by atoms with Crippen LogP contribution < -0.4 is 0 Å². The van der Waals surface area contributed by atoms with Gasteiger partial charge in [-0.15, -0.1) is 0 Å². The van der Waals surface area contributed by atoms with E-state index in [0.717, 1.165) is 0 Å². The maximum absolute atomic E-state index is 12.3. The van der Waals surface area contributed by atoms with Gasteiger partial charge in [0.2, 0.25) is 0 Å². The summed E-state index contributed by atoms with van der Waals surface area (Å²) in [6.45, 7) is 5.43. The number of aliphatic hydroxyl groups excluding tert-OH is 1. The summed E-state index contributed by atoms with van der Waals surface area (Å²) in [4.78, 5) is 0.232. The van der Waals surface area contributed by atoms with Gasteiger partial charge in [0, 0.05) is 0 Å². The van der Waals surface area contributed by atoms with Crippen molar-refractivity contribution in [2.75, 3.05) is 12.4 Å². The highest BCUT2D eigenvalue weighted by molar-refractivity contribution is 7.91. The van der Waals surface area contributed by atoms with Crippen LogP contribution in [0.1, 0.15) is 32.4 Å². The number of rotatable bonds is 4. The van der Waals surface area contributed by atoms with E-state index in [1.165, 1.54) is 12.1 Å². The first-order valence-corrected chi connectivity index (χ1v) is 8.17. The molecule has 0 aromatic heterocycles. The number of benzene rings is 1. The van der Waals surface area contributed by atoms with Crippen LogP contribution in [-0.4, -0.2) is 37.8 Å². The molecule has 0 amide bonds. The van der Waals surface area contributed by atoms with Crippen LogP contribution in [0.2, 0.25) is 0 Å². The van der Waals surface area contributed by atoms with Crippen molar-refractivity contribution < 1.29 is 23.0 Å². The summed E-state index contributed by atoms with van der Waals surface area (Å²) in [5, 5.41) is 9.42. The van der Waals surface area contributed by atoms with Crippen LogP contribution in [0, 0.1) is 0 Å². The van der Waals surface area contributed by atoms with Gasteiger partial charge in [-0.05, 0) is 38.5 Å². The van der Waals surface area contributed by atoms with Gasteiger partial charge in [0.25, 0.3) is 0 Å². The number of hydrogen-bond acceptors (Lipinski definition) is 5. The van der Waals surface area contributed by atoms with Crippen LogP contribution in [0.25, 0.3) is 0 Å². The molecule has 1 aliphatic heterocycles. The highest BCUT2D eigenvalue weighted by Crippen LogP contribution is 2.25. The number of aliphatic hydroxyl groups is 1. The minimum absolute atomic E-state index is 0.107. The number of ether oxygens (including phenoxy) is 2. The Morgan fingerprint density at radius 2 is 1.95 bits per heavy atom. The molecule has 1 saturated heterocycles. The van der Waals surface area contributed by atoms with Gasteiger partial charge in [0.15, 0.2) is 15.6 Å². The maximum atomic E-state index is 12.3. The Bertz CT molecular complexity index is 560. The molecule has 1 aliphatic rings. The Hall–Kier alpha value is -0.950. The molecule has 5 nitrogen and oxygen atoms in total. The van der Waals surface area contributed by atoms with Crippen LogP contribution in [0.5, 0.6) is 0 Å². The van der Waals surface area contributed by atoms with Gasteiger partial charge < -0.3 is 14.6 Å². The molecule has 1 aromatic rings. The molecule has 0 saturated carbocycles. The van der Waals surface area contributed by atoms with Gasteiger partial charge in [-0.25, -0.2) is 8.42 Å². The van der Waals surface area contributed by atoms with Crippen molar-refractivity contribution in [2.24, 2.45) is 0 Å². The van der Waals surface area contributed by atoms with Crippen molar-refractivity contribution >= 4 is 9.84 Å². The molecule has 0 spiro atoms. The Balaban J connectivity index is 2.11. The first-order valence-electron chi connectivity index (χ1n) is 6.52. The zero-order valence-corrected chi connectivity index (χ0v) is 12.7. The van der Waals surface area contributed by atoms with Crippen LogP contribution in [0.3, 0.4) is 0 Å². The first-order chi connectivity index (χ1) is 9.20. The highest BCUT2D eigenvalue weighted by Gasteiger charge is 2.35. The van der Waals surface area contributed by atoms with Crippen molar-refractivity contribution in [3.8, 4) is 0 Å². The fourth-order valence-corrected chi connectivity index (χ4v) is 3.54. The van der Waals surface area contributed by atoms with E-state index in [2.05, 4.69) is 0 Å². The van der Waals surface area contributed by atoms with Crippen molar-refractivity contribution in [1.82, 2.24) is 0 Å². The fourth-order valence-electron chi connectivity index (χ4n) is 2.14. The highest BCUT2D eigenvalue weighted by atomic mass is 32.2. The summed E-state index contributed by atoms with van der Waals surface area (Å²) in [7, 11) is -3.42. The summed E-state index contributed by atoms with van der Waals surface area (Å²) in [6.07, 6.45) is -1.06. The lowest BCUT2D eigenvalue weighted by atomic mass is 10.1. The van der Waals surface area contributed by atoms with E-state index in [9.17, 15) is 13.5 Å². The van der Waals surface area contributed by atoms with E-state index in [-0.39, 0.29) is 17.3 Å². The smallest absolute Gasteiger partial charge is 0.181 e. The van der Waals surface area contributed by atoms with Crippen molar-refractivity contribution in [3.05, 3.63) is 29.8 Å². The summed E-state index contributed by atoms with van der Waals surface area (Å²) in [5.41, 5.74) is 0.686. The van der Waals surface area contributed by atoms with E-state index >= 15 is 0 Å². The molecule has 1 fully saturated rings. The molecule has 1 aromatic carbocycles. The Morgan fingerprint density at radius 1 is 1.35 bits per heavy atom. The SMILES string of the molecule is CC(O)c1ccc(S(=O)(=O)C[C@@H]2COC(C)(C)O2)cc1. The Kier molecular flexibility index (Phi) is 4.20. The van der Waals surface area contributed by atoms with Gasteiger partial charge in [-0.3, -0.25) is 0 Å². The third kappa shape index (κ3) is 3.58. The lowest BCUT2D eigenvalue weighted by molar-refractivity contribution is -0.135. The summed E-state index contributed by atoms with van der Waals surface area (Å²) in [6, 6.07) is 6.26. The third-order valence-corrected chi connectivity index (χ3v) is 5.00. The fraction of sp³-hybridized carbons (Fsp3) is 0.571. The van der Waals surface area contributed by atoms with Crippen LogP contribution in [0.4, 0.5) is 0 Å². The van der Waals surface area contributed by atoms with Gasteiger partial charge in [-0.2, -0.15) is 0 Å². The average Bonchev–Trinajstić information content (AvgIpc) is 2.68. The second-order valence-electron chi connectivity index (χ2n) is 5.48. The second kappa shape index (κ2) is 5.44. The van der Waals surface area contributed by atoms with Crippen LogP contribution in [0.15, 0.2) is 29.2 Å². The van der Waals surface area contributed by atoms with E-state index in [1.54, 1.807) is 32.9 Å². The summed E-state index contributed by atoms with van der Waals surface area (Å²) in [5.74, 6) is -0.833. The van der Waals surface area contributed by atoms with Gasteiger partial charge in [-0.1, -0.05) is 12.1 Å². The molecule has 112 valence electrons. The Morgan fingerprint density at radius 3 is 2.40 bits per heavy atom. The van der Waals surface area contributed by atoms with Gasteiger partial charge >= 0.3 is 0 Å². The molecule has 2 rings (SSSR count). The molecule has 2 atom stereocenters. The molecule has 0 aliphatic carbocycles. The number of sulfone groups is 1.